The molecular weight excluding hydrogens is 384 g/mol. The van der Waals surface area contributed by atoms with E-state index in [2.05, 4.69) is 15.3 Å². The molecule has 0 spiro atoms. The number of aliphatic carboxylic acids is 1. The number of benzene rings is 2. The number of carboxylic acid groups (broad SMARTS) is 1. The molecule has 0 aliphatic heterocycles. The monoisotopic (exact) mass is 408 g/mol. The zero-order chi connectivity index (χ0) is 21.6. The normalized spacial score (nSPS) is 14.0. The number of nitrogens with zero attached hydrogens (tertiary/aromatic N) is 3. The molecule has 0 fully saturated rings. The SMILES string of the molecule is C[C@@](CCCCN=[N+]=[N-])(NC(=O)OCC1c2ccccc2-c2ccccc21)C(=O)O. The highest BCUT2D eigenvalue weighted by Gasteiger charge is 2.35. The van der Waals surface area contributed by atoms with Crippen molar-refractivity contribution in [2.45, 2.75) is 37.6 Å². The van der Waals surface area contributed by atoms with Gasteiger partial charge < -0.3 is 15.2 Å². The largest absolute Gasteiger partial charge is 0.480 e. The summed E-state index contributed by atoms with van der Waals surface area (Å²) < 4.78 is 5.45. The van der Waals surface area contributed by atoms with Crippen molar-refractivity contribution in [2.24, 2.45) is 5.11 Å². The van der Waals surface area contributed by atoms with Gasteiger partial charge in [-0.25, -0.2) is 9.59 Å². The molecule has 8 nitrogen and oxygen atoms in total. The quantitative estimate of drug-likeness (QED) is 0.266. The first kappa shape index (κ1) is 21.2. The van der Waals surface area contributed by atoms with E-state index in [1.807, 2.05) is 48.5 Å². The maximum absolute atomic E-state index is 12.4. The van der Waals surface area contributed by atoms with Crippen LogP contribution in [0.25, 0.3) is 21.6 Å². The van der Waals surface area contributed by atoms with Crippen LogP contribution in [0.5, 0.6) is 0 Å². The van der Waals surface area contributed by atoms with Crippen molar-refractivity contribution in [3.63, 3.8) is 0 Å². The Kier molecular flexibility index (Phi) is 6.59. The van der Waals surface area contributed by atoms with Gasteiger partial charge in [0.05, 0.1) is 0 Å². The van der Waals surface area contributed by atoms with Crippen LogP contribution in [0, 0.1) is 0 Å². The lowest BCUT2D eigenvalue weighted by molar-refractivity contribution is -0.144. The molecule has 0 saturated carbocycles. The topological polar surface area (TPSA) is 124 Å². The molecule has 2 N–H and O–H groups in total. The van der Waals surface area contributed by atoms with Gasteiger partial charge in [0, 0.05) is 17.4 Å². The number of unbranched alkanes of at least 4 members (excludes halogenated alkanes) is 1. The van der Waals surface area contributed by atoms with E-state index in [4.69, 9.17) is 10.3 Å². The third-order valence-electron chi connectivity index (χ3n) is 5.44. The van der Waals surface area contributed by atoms with Crippen molar-refractivity contribution in [1.29, 1.82) is 0 Å². The van der Waals surface area contributed by atoms with E-state index in [0.29, 0.717) is 12.8 Å². The van der Waals surface area contributed by atoms with Gasteiger partial charge in [-0.2, -0.15) is 0 Å². The molecule has 156 valence electrons. The maximum atomic E-state index is 12.4. The number of rotatable bonds is 9. The molecule has 0 radical (unpaired) electrons. The fraction of sp³-hybridized carbons (Fsp3) is 0.364. The first-order valence-corrected chi connectivity index (χ1v) is 9.83. The Morgan fingerprint density at radius 1 is 1.13 bits per heavy atom. The Bertz CT molecular complexity index is 941. The minimum atomic E-state index is -1.46. The van der Waals surface area contributed by atoms with Crippen LogP contribution in [-0.4, -0.2) is 35.9 Å². The van der Waals surface area contributed by atoms with E-state index in [0.717, 1.165) is 22.3 Å². The summed E-state index contributed by atoms with van der Waals surface area (Å²) in [7, 11) is 0. The van der Waals surface area contributed by atoms with E-state index in [1.54, 1.807) is 0 Å². The number of ether oxygens (including phenoxy) is 1. The van der Waals surface area contributed by atoms with Crippen LogP contribution in [0.2, 0.25) is 0 Å². The predicted octanol–water partition coefficient (Wildman–Crippen LogP) is 4.85. The zero-order valence-corrected chi connectivity index (χ0v) is 16.7. The second kappa shape index (κ2) is 9.33. The molecule has 0 heterocycles. The summed E-state index contributed by atoms with van der Waals surface area (Å²) in [6.07, 6.45) is 0.468. The highest BCUT2D eigenvalue weighted by Crippen LogP contribution is 2.44. The number of carbonyl (C=O) groups excluding carboxylic acids is 1. The van der Waals surface area contributed by atoms with Gasteiger partial charge in [-0.3, -0.25) is 0 Å². The average molecular weight is 408 g/mol. The maximum Gasteiger partial charge on any atom is 0.408 e. The average Bonchev–Trinajstić information content (AvgIpc) is 3.06. The Morgan fingerprint density at radius 3 is 2.30 bits per heavy atom. The minimum absolute atomic E-state index is 0.0944. The van der Waals surface area contributed by atoms with Gasteiger partial charge in [0.2, 0.25) is 0 Å². The summed E-state index contributed by atoms with van der Waals surface area (Å²) in [5.74, 6) is -1.23. The predicted molar refractivity (Wildman–Crippen MR) is 112 cm³/mol. The number of carbonyl (C=O) groups is 2. The van der Waals surface area contributed by atoms with Crippen LogP contribution in [0.3, 0.4) is 0 Å². The number of azide groups is 1. The fourth-order valence-corrected chi connectivity index (χ4v) is 3.79. The van der Waals surface area contributed by atoms with Gasteiger partial charge in [-0.05, 0) is 47.6 Å². The van der Waals surface area contributed by atoms with Gasteiger partial charge >= 0.3 is 12.1 Å². The van der Waals surface area contributed by atoms with Gasteiger partial charge in [0.25, 0.3) is 0 Å². The minimum Gasteiger partial charge on any atom is -0.480 e. The van der Waals surface area contributed by atoms with Crippen LogP contribution in [0.15, 0.2) is 53.6 Å². The van der Waals surface area contributed by atoms with Crippen molar-refractivity contribution in [1.82, 2.24) is 5.32 Å². The molecular formula is C22H24N4O4. The summed E-state index contributed by atoms with van der Waals surface area (Å²) in [5.41, 5.74) is 11.3. The summed E-state index contributed by atoms with van der Waals surface area (Å²) in [4.78, 5) is 26.8. The summed E-state index contributed by atoms with van der Waals surface area (Å²) in [6, 6.07) is 16.0. The number of amides is 1. The van der Waals surface area contributed by atoms with Gasteiger partial charge in [-0.15, -0.1) is 0 Å². The molecule has 1 aliphatic rings. The molecule has 1 atom stereocenters. The van der Waals surface area contributed by atoms with Crippen LogP contribution < -0.4 is 5.32 Å². The Balaban J connectivity index is 1.63. The number of nitrogens with one attached hydrogen (secondary N) is 1. The lowest BCUT2D eigenvalue weighted by atomic mass is 9.95. The molecule has 1 amide bonds. The molecule has 3 rings (SSSR count). The third kappa shape index (κ3) is 4.55. The summed E-state index contributed by atoms with van der Waals surface area (Å²) in [5, 5.41) is 15.5. The van der Waals surface area contributed by atoms with Crippen molar-refractivity contribution < 1.29 is 19.4 Å². The molecule has 8 heteroatoms. The standard InChI is InChI=1S/C22H24N4O4/c1-22(20(27)28,12-6-7-13-24-26-23)25-21(29)30-14-19-17-10-4-2-8-15(17)16-9-3-5-11-18(16)19/h2-5,8-11,19H,6-7,12-14H2,1H3,(H,25,29)(H,27,28)/t22-/m0/s1. The van der Waals surface area contributed by atoms with Crippen LogP contribution in [-0.2, 0) is 9.53 Å². The van der Waals surface area contributed by atoms with Crippen LogP contribution in [0.1, 0.15) is 43.2 Å². The summed E-state index contributed by atoms with van der Waals surface area (Å²) in [6.45, 7) is 1.86. The third-order valence-corrected chi connectivity index (χ3v) is 5.44. The molecule has 0 aromatic heterocycles. The molecule has 30 heavy (non-hydrogen) atoms. The Morgan fingerprint density at radius 2 is 1.73 bits per heavy atom. The highest BCUT2D eigenvalue weighted by molar-refractivity contribution is 5.84. The van der Waals surface area contributed by atoms with Crippen molar-refractivity contribution in [3.05, 3.63) is 70.1 Å². The van der Waals surface area contributed by atoms with E-state index in [-0.39, 0.29) is 25.5 Å². The highest BCUT2D eigenvalue weighted by atomic mass is 16.5. The van der Waals surface area contributed by atoms with E-state index < -0.39 is 17.6 Å². The van der Waals surface area contributed by atoms with Gasteiger partial charge in [0.1, 0.15) is 12.1 Å². The van der Waals surface area contributed by atoms with Crippen molar-refractivity contribution in [3.8, 4) is 11.1 Å². The molecule has 0 saturated heterocycles. The molecule has 2 aromatic carbocycles. The van der Waals surface area contributed by atoms with E-state index in [9.17, 15) is 14.7 Å². The van der Waals surface area contributed by atoms with Crippen LogP contribution >= 0.6 is 0 Å². The van der Waals surface area contributed by atoms with E-state index in [1.165, 1.54) is 6.92 Å². The first-order chi connectivity index (χ1) is 14.5. The molecule has 2 aromatic rings. The zero-order valence-electron chi connectivity index (χ0n) is 16.7. The summed E-state index contributed by atoms with van der Waals surface area (Å²) >= 11 is 0. The smallest absolute Gasteiger partial charge is 0.408 e. The van der Waals surface area contributed by atoms with Crippen LogP contribution in [0.4, 0.5) is 4.79 Å². The fourth-order valence-electron chi connectivity index (χ4n) is 3.79. The second-order valence-electron chi connectivity index (χ2n) is 7.50. The van der Waals surface area contributed by atoms with Gasteiger partial charge in [0.15, 0.2) is 0 Å². The second-order valence-corrected chi connectivity index (χ2v) is 7.50. The number of fused-ring (bicyclic) bond motifs is 3. The molecule has 0 unspecified atom stereocenters. The Hall–Kier alpha value is -3.51. The lowest BCUT2D eigenvalue weighted by Crippen LogP contribution is -2.52. The Labute approximate surface area is 174 Å². The molecule has 0 bridgehead atoms. The number of hydrogen-bond donors (Lipinski definition) is 2. The first-order valence-electron chi connectivity index (χ1n) is 9.83. The lowest BCUT2D eigenvalue weighted by Gasteiger charge is -2.26. The van der Waals surface area contributed by atoms with E-state index >= 15 is 0 Å². The number of hydrogen-bond acceptors (Lipinski definition) is 4. The van der Waals surface area contributed by atoms with Crippen molar-refractivity contribution in [2.75, 3.05) is 13.2 Å². The molecule has 1 aliphatic carbocycles. The van der Waals surface area contributed by atoms with Crippen molar-refractivity contribution >= 4 is 12.1 Å². The number of carboxylic acids is 1. The number of alkyl carbamates (subject to hydrolysis) is 1. The van der Waals surface area contributed by atoms with Gasteiger partial charge in [-0.1, -0.05) is 60.1 Å².